The van der Waals surface area contributed by atoms with Gasteiger partial charge in [0.05, 0.1) is 5.69 Å². The normalized spacial score (nSPS) is 11.5. The highest BCUT2D eigenvalue weighted by molar-refractivity contribution is 9.10. The van der Waals surface area contributed by atoms with Gasteiger partial charge in [-0.05, 0) is 39.8 Å². The maximum Gasteiger partial charge on any atom is 0.446 e. The van der Waals surface area contributed by atoms with Crippen LogP contribution in [-0.2, 0) is 0 Å². The summed E-state index contributed by atoms with van der Waals surface area (Å²) in [5.74, 6) is 5.11. The molecule has 0 atom stereocenters. The van der Waals surface area contributed by atoms with E-state index in [0.29, 0.717) is 4.47 Å². The van der Waals surface area contributed by atoms with Crippen molar-refractivity contribution in [1.82, 2.24) is 0 Å². The molecule has 3 N–H and O–H groups in total. The summed E-state index contributed by atoms with van der Waals surface area (Å²) in [5, 5.41) is 0. The lowest BCUT2D eigenvalue weighted by molar-refractivity contribution is -0.0327. The van der Waals surface area contributed by atoms with Gasteiger partial charge in [0.25, 0.3) is 0 Å². The summed E-state index contributed by atoms with van der Waals surface area (Å²) in [5.41, 5.74) is -1.86. The quantitative estimate of drug-likeness (QED) is 0.497. The minimum atomic E-state index is -4.31. The number of anilines is 1. The lowest BCUT2D eigenvalue weighted by Gasteiger charge is -2.11. The number of benzene rings is 1. The van der Waals surface area contributed by atoms with Crippen LogP contribution in [0.2, 0.25) is 0 Å². The molecular formula is C7H6BrF3N2S. The molecule has 1 aromatic rings. The van der Waals surface area contributed by atoms with Crippen LogP contribution in [0.4, 0.5) is 18.9 Å². The first-order valence-electron chi connectivity index (χ1n) is 3.45. The Bertz CT molecular complexity index is 329. The molecule has 1 aromatic carbocycles. The van der Waals surface area contributed by atoms with E-state index in [1.807, 2.05) is 0 Å². The number of hydrogen-bond donors (Lipinski definition) is 2. The molecule has 0 saturated heterocycles. The Morgan fingerprint density at radius 1 is 1.36 bits per heavy atom. The van der Waals surface area contributed by atoms with Gasteiger partial charge in [-0.25, -0.2) is 0 Å². The first-order valence-corrected chi connectivity index (χ1v) is 5.06. The van der Waals surface area contributed by atoms with Crippen LogP contribution in [0.3, 0.4) is 0 Å². The molecule has 0 radical (unpaired) electrons. The molecule has 1 rings (SSSR count). The van der Waals surface area contributed by atoms with E-state index >= 15 is 0 Å². The summed E-state index contributed by atoms with van der Waals surface area (Å²) in [7, 11) is 0. The number of hydrogen-bond acceptors (Lipinski definition) is 3. The van der Waals surface area contributed by atoms with Crippen LogP contribution in [0, 0.1) is 0 Å². The van der Waals surface area contributed by atoms with Crippen molar-refractivity contribution < 1.29 is 13.2 Å². The van der Waals surface area contributed by atoms with Crippen LogP contribution < -0.4 is 11.3 Å². The average Bonchev–Trinajstić information content (AvgIpc) is 2.01. The molecule has 78 valence electrons. The molecule has 0 unspecified atom stereocenters. The van der Waals surface area contributed by atoms with Crippen LogP contribution in [0.25, 0.3) is 0 Å². The van der Waals surface area contributed by atoms with Gasteiger partial charge in [0.1, 0.15) is 0 Å². The largest absolute Gasteiger partial charge is 0.446 e. The summed E-state index contributed by atoms with van der Waals surface area (Å²) in [6.45, 7) is 0. The Morgan fingerprint density at radius 2 is 2.00 bits per heavy atom. The number of rotatable bonds is 2. The Kier molecular flexibility index (Phi) is 3.68. The second-order valence-electron chi connectivity index (χ2n) is 2.31. The van der Waals surface area contributed by atoms with Crippen molar-refractivity contribution in [3.8, 4) is 0 Å². The molecule has 0 fully saturated rings. The Hall–Kier alpha value is -0.400. The lowest BCUT2D eigenvalue weighted by atomic mass is 10.3. The van der Waals surface area contributed by atoms with Gasteiger partial charge in [0.15, 0.2) is 0 Å². The molecule has 0 aliphatic rings. The summed E-state index contributed by atoms with van der Waals surface area (Å²) >= 11 is 2.89. The highest BCUT2D eigenvalue weighted by atomic mass is 79.9. The van der Waals surface area contributed by atoms with Gasteiger partial charge in [-0.2, -0.15) is 13.2 Å². The fraction of sp³-hybridized carbons (Fsp3) is 0.143. The zero-order valence-electron chi connectivity index (χ0n) is 6.73. The van der Waals surface area contributed by atoms with Crippen LogP contribution in [0.15, 0.2) is 27.6 Å². The van der Waals surface area contributed by atoms with Gasteiger partial charge in [-0.3, -0.25) is 5.84 Å². The van der Waals surface area contributed by atoms with Crippen molar-refractivity contribution in [2.24, 2.45) is 5.84 Å². The van der Waals surface area contributed by atoms with Gasteiger partial charge in [-0.15, -0.1) is 0 Å². The van der Waals surface area contributed by atoms with Gasteiger partial charge in [-0.1, -0.05) is 6.07 Å². The van der Waals surface area contributed by atoms with Gasteiger partial charge < -0.3 is 5.43 Å². The van der Waals surface area contributed by atoms with Crippen molar-refractivity contribution in [2.45, 2.75) is 10.4 Å². The molecule has 0 bridgehead atoms. The highest BCUT2D eigenvalue weighted by Crippen LogP contribution is 2.42. The van der Waals surface area contributed by atoms with Crippen molar-refractivity contribution in [3.05, 3.63) is 22.7 Å². The standard InChI is InChI=1S/C7H6BrF3N2S/c8-4-2-1-3-5(6(4)13-12)14-7(9,10)11/h1-3,13H,12H2. The minimum Gasteiger partial charge on any atom is -0.322 e. The maximum absolute atomic E-state index is 12.1. The van der Waals surface area contributed by atoms with E-state index in [1.165, 1.54) is 12.1 Å². The number of hydrazine groups is 1. The lowest BCUT2D eigenvalue weighted by Crippen LogP contribution is -2.10. The minimum absolute atomic E-state index is 0.0365. The zero-order chi connectivity index (χ0) is 10.8. The predicted molar refractivity (Wildman–Crippen MR) is 53.9 cm³/mol. The first kappa shape index (κ1) is 11.7. The number of halogens is 4. The van der Waals surface area contributed by atoms with Crippen LogP contribution in [0.5, 0.6) is 0 Å². The molecular weight excluding hydrogens is 281 g/mol. The smallest absolute Gasteiger partial charge is 0.322 e. The molecule has 0 amide bonds. The molecule has 7 heteroatoms. The number of nitrogens with two attached hydrogens (primary N) is 1. The van der Waals surface area contributed by atoms with Crippen molar-refractivity contribution in [2.75, 3.05) is 5.43 Å². The van der Waals surface area contributed by atoms with E-state index in [2.05, 4.69) is 21.4 Å². The van der Waals surface area contributed by atoms with E-state index in [9.17, 15) is 13.2 Å². The van der Waals surface area contributed by atoms with Crippen LogP contribution in [-0.4, -0.2) is 5.51 Å². The molecule has 2 nitrogen and oxygen atoms in total. The summed E-state index contributed by atoms with van der Waals surface area (Å²) < 4.78 is 36.7. The molecule has 0 aromatic heterocycles. The zero-order valence-corrected chi connectivity index (χ0v) is 9.13. The predicted octanol–water partition coefficient (Wildman–Crippen LogP) is 3.35. The number of thioether (sulfide) groups is 1. The third-order valence-corrected chi connectivity index (χ3v) is 2.80. The van der Waals surface area contributed by atoms with Gasteiger partial charge >= 0.3 is 5.51 Å². The third kappa shape index (κ3) is 3.07. The van der Waals surface area contributed by atoms with E-state index in [-0.39, 0.29) is 22.3 Å². The topological polar surface area (TPSA) is 38.0 Å². The Balaban J connectivity index is 3.02. The molecule has 0 saturated carbocycles. The van der Waals surface area contributed by atoms with Gasteiger partial charge in [0.2, 0.25) is 0 Å². The molecule has 0 spiro atoms. The van der Waals surface area contributed by atoms with E-state index in [0.717, 1.165) is 0 Å². The van der Waals surface area contributed by atoms with E-state index in [4.69, 9.17) is 5.84 Å². The number of para-hydroxylation sites is 1. The summed E-state index contributed by atoms with van der Waals surface area (Å²) in [6, 6.07) is 4.47. The fourth-order valence-electron chi connectivity index (χ4n) is 0.854. The molecule has 0 aliphatic carbocycles. The van der Waals surface area contributed by atoms with Crippen molar-refractivity contribution in [3.63, 3.8) is 0 Å². The molecule has 14 heavy (non-hydrogen) atoms. The third-order valence-electron chi connectivity index (χ3n) is 1.35. The molecule has 0 heterocycles. The van der Waals surface area contributed by atoms with Gasteiger partial charge in [0, 0.05) is 9.37 Å². The highest BCUT2D eigenvalue weighted by Gasteiger charge is 2.30. The second kappa shape index (κ2) is 4.41. The van der Waals surface area contributed by atoms with Crippen molar-refractivity contribution >= 4 is 33.4 Å². The number of nitrogen functional groups attached to an aromatic ring is 1. The Labute approximate surface area is 91.1 Å². The first-order chi connectivity index (χ1) is 6.44. The summed E-state index contributed by atoms with van der Waals surface area (Å²) in [6.07, 6.45) is 0. The monoisotopic (exact) mass is 286 g/mol. The van der Waals surface area contributed by atoms with Crippen LogP contribution in [0.1, 0.15) is 0 Å². The summed E-state index contributed by atoms with van der Waals surface area (Å²) in [4.78, 5) is 0.0365. The second-order valence-corrected chi connectivity index (χ2v) is 4.27. The molecule has 0 aliphatic heterocycles. The average molecular weight is 287 g/mol. The van der Waals surface area contributed by atoms with Crippen molar-refractivity contribution in [1.29, 1.82) is 0 Å². The number of nitrogens with one attached hydrogen (secondary N) is 1. The number of alkyl halides is 3. The SMILES string of the molecule is NNc1c(Br)cccc1SC(F)(F)F. The van der Waals surface area contributed by atoms with E-state index in [1.54, 1.807) is 6.07 Å². The van der Waals surface area contributed by atoms with E-state index < -0.39 is 5.51 Å². The van der Waals surface area contributed by atoms with Crippen LogP contribution >= 0.6 is 27.7 Å². The Morgan fingerprint density at radius 3 is 2.50 bits per heavy atom. The maximum atomic E-state index is 12.1. The fourth-order valence-corrected chi connectivity index (χ4v) is 2.13.